The van der Waals surface area contributed by atoms with Gasteiger partial charge >= 0.3 is 0 Å². The van der Waals surface area contributed by atoms with E-state index in [1.807, 2.05) is 24.3 Å². The number of benzene rings is 1. The lowest BCUT2D eigenvalue weighted by molar-refractivity contribution is 0.0301. The van der Waals surface area contributed by atoms with Crippen LogP contribution in [-0.2, 0) is 4.74 Å². The van der Waals surface area contributed by atoms with Gasteiger partial charge in [0.2, 0.25) is 0 Å². The molecule has 0 saturated carbocycles. The van der Waals surface area contributed by atoms with Crippen molar-refractivity contribution in [1.29, 1.82) is 0 Å². The number of hydrogen-bond donors (Lipinski definition) is 3. The van der Waals surface area contributed by atoms with Gasteiger partial charge in [-0.2, -0.15) is 0 Å². The van der Waals surface area contributed by atoms with Crippen LogP contribution in [0.15, 0.2) is 29.3 Å². The van der Waals surface area contributed by atoms with Crippen molar-refractivity contribution in [2.45, 2.75) is 32.4 Å². The minimum atomic E-state index is -0.643. The predicted octanol–water partition coefficient (Wildman–Crippen LogP) is 1.45. The number of aliphatic imine (C=N–C) groups is 1. The molecule has 1 aliphatic rings. The van der Waals surface area contributed by atoms with E-state index in [4.69, 9.17) is 15.2 Å². The van der Waals surface area contributed by atoms with Crippen LogP contribution in [0, 0.1) is 5.92 Å². The number of ether oxygens (including phenoxy) is 2. The number of guanidine groups is 1. The van der Waals surface area contributed by atoms with E-state index in [0.717, 1.165) is 17.7 Å². The van der Waals surface area contributed by atoms with Crippen LogP contribution in [0.1, 0.15) is 31.9 Å². The standard InChI is InChI=1S/C17H27N3O3/c1-12(2)10-22-11-13(21)9-19-17(18)20-15-7-8-23-16-6-4-3-5-14(15)16/h3-6,12-13,15,21H,7-11H2,1-2H3,(H3,18,19,20). The molecule has 4 N–H and O–H groups in total. The van der Waals surface area contributed by atoms with Crippen molar-refractivity contribution in [1.82, 2.24) is 5.32 Å². The quantitative estimate of drug-likeness (QED) is 0.522. The lowest BCUT2D eigenvalue weighted by Gasteiger charge is -2.27. The van der Waals surface area contributed by atoms with Crippen molar-refractivity contribution in [2.75, 3.05) is 26.4 Å². The summed E-state index contributed by atoms with van der Waals surface area (Å²) in [6.45, 7) is 5.91. The van der Waals surface area contributed by atoms with Crippen LogP contribution in [0.2, 0.25) is 0 Å². The van der Waals surface area contributed by atoms with Gasteiger partial charge in [0.1, 0.15) is 5.75 Å². The molecule has 2 rings (SSSR count). The van der Waals surface area contributed by atoms with Crippen molar-refractivity contribution in [3.8, 4) is 5.75 Å². The van der Waals surface area contributed by atoms with Crippen molar-refractivity contribution >= 4 is 5.96 Å². The number of nitrogens with two attached hydrogens (primary N) is 1. The van der Waals surface area contributed by atoms with E-state index < -0.39 is 6.10 Å². The topological polar surface area (TPSA) is 89.1 Å². The molecule has 6 heteroatoms. The van der Waals surface area contributed by atoms with Gasteiger partial charge < -0.3 is 25.6 Å². The van der Waals surface area contributed by atoms with E-state index in [2.05, 4.69) is 24.2 Å². The molecule has 1 aromatic carbocycles. The molecule has 0 saturated heterocycles. The Morgan fingerprint density at radius 1 is 1.43 bits per heavy atom. The van der Waals surface area contributed by atoms with Crippen LogP contribution < -0.4 is 15.8 Å². The minimum absolute atomic E-state index is 0.0815. The van der Waals surface area contributed by atoms with E-state index in [1.54, 1.807) is 0 Å². The van der Waals surface area contributed by atoms with Gasteiger partial charge in [0, 0.05) is 18.6 Å². The molecule has 0 bridgehead atoms. The molecule has 1 aromatic rings. The monoisotopic (exact) mass is 321 g/mol. The second-order valence-corrected chi connectivity index (χ2v) is 6.18. The molecule has 1 heterocycles. The van der Waals surface area contributed by atoms with Gasteiger partial charge in [-0.25, -0.2) is 0 Å². The number of hydrogen-bond acceptors (Lipinski definition) is 4. The SMILES string of the molecule is CC(C)COCC(O)CN=C(N)NC1CCOc2ccccc21. The molecule has 0 radical (unpaired) electrons. The maximum absolute atomic E-state index is 9.84. The Morgan fingerprint density at radius 2 is 2.22 bits per heavy atom. The number of aliphatic hydroxyl groups is 1. The fourth-order valence-electron chi connectivity index (χ4n) is 2.41. The summed E-state index contributed by atoms with van der Waals surface area (Å²) in [5, 5.41) is 13.0. The highest BCUT2D eigenvalue weighted by Gasteiger charge is 2.21. The van der Waals surface area contributed by atoms with E-state index >= 15 is 0 Å². The first kappa shape index (κ1) is 17.6. The first-order valence-corrected chi connectivity index (χ1v) is 8.10. The third kappa shape index (κ3) is 5.73. The smallest absolute Gasteiger partial charge is 0.189 e. The van der Waals surface area contributed by atoms with Crippen LogP contribution in [-0.4, -0.2) is 43.5 Å². The Balaban J connectivity index is 1.81. The lowest BCUT2D eigenvalue weighted by Crippen LogP contribution is -2.38. The molecule has 0 aromatic heterocycles. The minimum Gasteiger partial charge on any atom is -0.493 e. The van der Waals surface area contributed by atoms with Gasteiger partial charge in [0.05, 0.1) is 31.9 Å². The van der Waals surface area contributed by atoms with Gasteiger partial charge in [-0.3, -0.25) is 4.99 Å². The zero-order valence-corrected chi connectivity index (χ0v) is 13.9. The summed E-state index contributed by atoms with van der Waals surface area (Å²) in [6.07, 6.45) is 0.184. The number of fused-ring (bicyclic) bond motifs is 1. The molecule has 0 spiro atoms. The molecule has 2 atom stereocenters. The van der Waals surface area contributed by atoms with Gasteiger partial charge in [-0.15, -0.1) is 0 Å². The van der Waals surface area contributed by atoms with Gasteiger partial charge in [-0.1, -0.05) is 32.0 Å². The van der Waals surface area contributed by atoms with Crippen molar-refractivity contribution in [3.05, 3.63) is 29.8 Å². The van der Waals surface area contributed by atoms with Crippen LogP contribution in [0.25, 0.3) is 0 Å². The summed E-state index contributed by atoms with van der Waals surface area (Å²) in [4.78, 5) is 4.20. The normalized spacial score (nSPS) is 19.1. The summed E-state index contributed by atoms with van der Waals surface area (Å²) in [6, 6.07) is 7.98. The molecule has 23 heavy (non-hydrogen) atoms. The molecule has 0 fully saturated rings. The Hall–Kier alpha value is -1.79. The maximum Gasteiger partial charge on any atom is 0.189 e. The highest BCUT2D eigenvalue weighted by molar-refractivity contribution is 5.78. The van der Waals surface area contributed by atoms with Crippen molar-refractivity contribution < 1.29 is 14.6 Å². The van der Waals surface area contributed by atoms with Crippen molar-refractivity contribution in [3.63, 3.8) is 0 Å². The summed E-state index contributed by atoms with van der Waals surface area (Å²) >= 11 is 0. The largest absolute Gasteiger partial charge is 0.493 e. The maximum atomic E-state index is 9.84. The van der Waals surface area contributed by atoms with E-state index in [9.17, 15) is 5.11 Å². The molecule has 0 aliphatic carbocycles. The summed E-state index contributed by atoms with van der Waals surface area (Å²) in [7, 11) is 0. The van der Waals surface area contributed by atoms with E-state index in [0.29, 0.717) is 25.1 Å². The van der Waals surface area contributed by atoms with Crippen molar-refractivity contribution in [2.24, 2.45) is 16.6 Å². The summed E-state index contributed by atoms with van der Waals surface area (Å²) < 4.78 is 11.0. The van der Waals surface area contributed by atoms with Crippen LogP contribution in [0.3, 0.4) is 0 Å². The van der Waals surface area contributed by atoms with Crippen LogP contribution in [0.5, 0.6) is 5.75 Å². The van der Waals surface area contributed by atoms with Gasteiger partial charge in [0.25, 0.3) is 0 Å². The Morgan fingerprint density at radius 3 is 3.00 bits per heavy atom. The second-order valence-electron chi connectivity index (χ2n) is 6.18. The first-order valence-electron chi connectivity index (χ1n) is 8.10. The zero-order chi connectivity index (χ0) is 16.7. The van der Waals surface area contributed by atoms with Crippen LogP contribution >= 0.6 is 0 Å². The lowest BCUT2D eigenvalue weighted by atomic mass is 10.0. The van der Waals surface area contributed by atoms with Gasteiger partial charge in [0.15, 0.2) is 5.96 Å². The molecule has 0 amide bonds. The predicted molar refractivity (Wildman–Crippen MR) is 90.6 cm³/mol. The molecule has 6 nitrogen and oxygen atoms in total. The second kappa shape index (κ2) is 8.74. The average molecular weight is 321 g/mol. The number of nitrogens with one attached hydrogen (secondary N) is 1. The fourth-order valence-corrected chi connectivity index (χ4v) is 2.41. The number of aliphatic hydroxyl groups excluding tert-OH is 1. The summed E-state index contributed by atoms with van der Waals surface area (Å²) in [5.41, 5.74) is 7.01. The highest BCUT2D eigenvalue weighted by atomic mass is 16.5. The average Bonchev–Trinajstić information content (AvgIpc) is 2.53. The molecular weight excluding hydrogens is 294 g/mol. The van der Waals surface area contributed by atoms with Crippen LogP contribution in [0.4, 0.5) is 0 Å². The number of nitrogens with zero attached hydrogens (tertiary/aromatic N) is 1. The third-order valence-corrected chi connectivity index (χ3v) is 3.51. The molecule has 2 unspecified atom stereocenters. The van der Waals surface area contributed by atoms with Gasteiger partial charge in [-0.05, 0) is 12.0 Å². The number of para-hydroxylation sites is 1. The fraction of sp³-hybridized carbons (Fsp3) is 0.588. The summed E-state index contributed by atoms with van der Waals surface area (Å²) in [5.74, 6) is 1.66. The number of rotatable bonds is 7. The molecule has 1 aliphatic heterocycles. The zero-order valence-electron chi connectivity index (χ0n) is 13.9. The Kier molecular flexibility index (Phi) is 6.67. The highest BCUT2D eigenvalue weighted by Crippen LogP contribution is 2.31. The van der Waals surface area contributed by atoms with E-state index in [1.165, 1.54) is 0 Å². The Labute approximate surface area is 137 Å². The Bertz CT molecular complexity index is 520. The third-order valence-electron chi connectivity index (χ3n) is 3.51. The first-order chi connectivity index (χ1) is 11.1. The van der Waals surface area contributed by atoms with E-state index in [-0.39, 0.29) is 19.2 Å². The molecule has 128 valence electrons. The molecular formula is C17H27N3O3.